The fraction of sp³-hybridized carbons (Fsp3) is 0.300. The number of nitrogens with zero attached hydrogens (tertiary/aromatic N) is 2. The van der Waals surface area contributed by atoms with E-state index in [-0.39, 0.29) is 0 Å². The number of fused-ring (bicyclic) bond motifs is 3. The Morgan fingerprint density at radius 3 is 3.31 bits per heavy atom. The average Bonchev–Trinajstić information content (AvgIpc) is 2.65. The molecule has 13 heavy (non-hydrogen) atoms. The molecule has 2 aliphatic rings. The van der Waals surface area contributed by atoms with Gasteiger partial charge in [-0.15, -0.1) is 0 Å². The molecule has 0 bridgehead atoms. The molecule has 0 radical (unpaired) electrons. The lowest BCUT2D eigenvalue weighted by Crippen LogP contribution is -2.39. The van der Waals surface area contributed by atoms with Crippen LogP contribution in [0.4, 0.5) is 11.4 Å². The number of nitrogens with one attached hydrogen (secondary N) is 1. The highest BCUT2D eigenvalue weighted by molar-refractivity contribution is 5.79. The molecule has 2 heterocycles. The van der Waals surface area contributed by atoms with Gasteiger partial charge in [-0.3, -0.25) is 4.99 Å². The number of hydrogen-bond donors (Lipinski definition) is 1. The first-order valence-electron chi connectivity index (χ1n) is 4.56. The van der Waals surface area contributed by atoms with E-state index >= 15 is 0 Å². The lowest BCUT2D eigenvalue weighted by Gasteiger charge is -2.32. The van der Waals surface area contributed by atoms with Crippen LogP contribution in [0.25, 0.3) is 0 Å². The van der Waals surface area contributed by atoms with Crippen molar-refractivity contribution in [1.29, 1.82) is 0 Å². The van der Waals surface area contributed by atoms with Crippen molar-refractivity contribution in [3.8, 4) is 0 Å². The average molecular weight is 173 g/mol. The normalized spacial score (nSPS) is 23.7. The second-order valence-electron chi connectivity index (χ2n) is 3.36. The molecule has 0 amide bonds. The molecule has 2 aliphatic heterocycles. The molecule has 1 N–H and O–H groups in total. The maximum Gasteiger partial charge on any atom is 0.138 e. The second kappa shape index (κ2) is 2.49. The molecular weight excluding hydrogens is 162 g/mol. The Kier molecular flexibility index (Phi) is 1.33. The number of anilines is 2. The third-order valence-corrected chi connectivity index (χ3v) is 2.60. The summed E-state index contributed by atoms with van der Waals surface area (Å²) in [4.78, 5) is 6.72. The lowest BCUT2D eigenvalue weighted by molar-refractivity contribution is 0.691. The lowest BCUT2D eigenvalue weighted by atomic mass is 10.2. The fourth-order valence-electron chi connectivity index (χ4n) is 1.96. The number of hydrogen-bond acceptors (Lipinski definition) is 3. The topological polar surface area (TPSA) is 27.6 Å². The van der Waals surface area contributed by atoms with E-state index in [1.807, 2.05) is 6.21 Å². The molecule has 1 aromatic rings. The summed E-state index contributed by atoms with van der Waals surface area (Å²) < 4.78 is 0. The van der Waals surface area contributed by atoms with Crippen LogP contribution in [0, 0.1) is 0 Å². The quantitative estimate of drug-likeness (QED) is 0.641. The largest absolute Gasteiger partial charge is 0.379 e. The third kappa shape index (κ3) is 0.932. The van der Waals surface area contributed by atoms with E-state index in [1.165, 1.54) is 11.4 Å². The Bertz CT molecular complexity index is 359. The number of rotatable bonds is 0. The molecule has 1 atom stereocenters. The zero-order chi connectivity index (χ0) is 8.67. The molecule has 0 saturated carbocycles. The van der Waals surface area contributed by atoms with Crippen LogP contribution in [-0.2, 0) is 0 Å². The summed E-state index contributed by atoms with van der Waals surface area (Å²) in [5.41, 5.74) is 2.50. The summed E-state index contributed by atoms with van der Waals surface area (Å²) in [6.07, 6.45) is 2.31. The van der Waals surface area contributed by atoms with E-state index in [0.29, 0.717) is 6.17 Å². The number of benzene rings is 1. The summed E-state index contributed by atoms with van der Waals surface area (Å²) in [5.74, 6) is 0. The molecule has 0 spiro atoms. The minimum absolute atomic E-state index is 0.315. The molecule has 0 aromatic heterocycles. The fourth-order valence-corrected chi connectivity index (χ4v) is 1.96. The van der Waals surface area contributed by atoms with Crippen molar-refractivity contribution in [1.82, 2.24) is 0 Å². The van der Waals surface area contributed by atoms with Gasteiger partial charge < -0.3 is 10.2 Å². The highest BCUT2D eigenvalue weighted by Gasteiger charge is 2.26. The van der Waals surface area contributed by atoms with Crippen molar-refractivity contribution in [3.63, 3.8) is 0 Å². The first-order valence-corrected chi connectivity index (χ1v) is 4.56. The van der Waals surface area contributed by atoms with Crippen LogP contribution in [0.2, 0.25) is 0 Å². The number of aliphatic imine (C=N–C) groups is 1. The van der Waals surface area contributed by atoms with Gasteiger partial charge in [-0.2, -0.15) is 0 Å². The maximum absolute atomic E-state index is 4.39. The first-order chi connectivity index (χ1) is 6.45. The Balaban J connectivity index is 2.08. The summed E-state index contributed by atoms with van der Waals surface area (Å²) in [6.45, 7) is 1.87. The van der Waals surface area contributed by atoms with Gasteiger partial charge in [0.15, 0.2) is 0 Å². The monoisotopic (exact) mass is 173 g/mol. The van der Waals surface area contributed by atoms with Gasteiger partial charge >= 0.3 is 0 Å². The van der Waals surface area contributed by atoms with Gasteiger partial charge in [-0.25, -0.2) is 0 Å². The Morgan fingerprint density at radius 2 is 2.31 bits per heavy atom. The minimum atomic E-state index is 0.315. The van der Waals surface area contributed by atoms with E-state index in [2.05, 4.69) is 39.5 Å². The second-order valence-corrected chi connectivity index (χ2v) is 3.36. The van der Waals surface area contributed by atoms with Crippen LogP contribution in [0.3, 0.4) is 0 Å². The molecule has 1 aromatic carbocycles. The van der Waals surface area contributed by atoms with Gasteiger partial charge in [0.2, 0.25) is 0 Å². The van der Waals surface area contributed by atoms with E-state index in [9.17, 15) is 0 Å². The van der Waals surface area contributed by atoms with E-state index in [0.717, 1.165) is 13.1 Å². The standard InChI is InChI=1S/C10H11N3/c1-2-4-9-8(3-1)12-7-10-11-5-6-13(9)10/h1-5,10,12H,6-7H2. The minimum Gasteiger partial charge on any atom is -0.379 e. The summed E-state index contributed by atoms with van der Waals surface area (Å²) in [7, 11) is 0. The van der Waals surface area contributed by atoms with E-state index < -0.39 is 0 Å². The molecule has 0 saturated heterocycles. The Morgan fingerprint density at radius 1 is 1.38 bits per heavy atom. The zero-order valence-corrected chi connectivity index (χ0v) is 7.27. The van der Waals surface area contributed by atoms with Crippen molar-refractivity contribution in [2.24, 2.45) is 4.99 Å². The van der Waals surface area contributed by atoms with Gasteiger partial charge in [0.25, 0.3) is 0 Å². The summed E-state index contributed by atoms with van der Waals surface area (Å²) >= 11 is 0. The molecule has 0 aliphatic carbocycles. The molecular formula is C10H11N3. The van der Waals surface area contributed by atoms with Crippen LogP contribution in [0.5, 0.6) is 0 Å². The van der Waals surface area contributed by atoms with E-state index in [4.69, 9.17) is 0 Å². The van der Waals surface area contributed by atoms with Gasteiger partial charge in [0.05, 0.1) is 24.5 Å². The molecule has 3 heteroatoms. The Hall–Kier alpha value is -1.51. The van der Waals surface area contributed by atoms with Crippen molar-refractivity contribution < 1.29 is 0 Å². The van der Waals surface area contributed by atoms with Crippen LogP contribution in [0.15, 0.2) is 29.3 Å². The smallest absolute Gasteiger partial charge is 0.138 e. The molecule has 1 unspecified atom stereocenters. The van der Waals surface area contributed by atoms with Crippen LogP contribution in [0.1, 0.15) is 0 Å². The third-order valence-electron chi connectivity index (χ3n) is 2.60. The van der Waals surface area contributed by atoms with Crippen molar-refractivity contribution in [2.75, 3.05) is 23.3 Å². The molecule has 0 fully saturated rings. The predicted octanol–water partition coefficient (Wildman–Crippen LogP) is 1.33. The predicted molar refractivity (Wildman–Crippen MR) is 54.6 cm³/mol. The van der Waals surface area contributed by atoms with Crippen molar-refractivity contribution in [3.05, 3.63) is 24.3 Å². The van der Waals surface area contributed by atoms with Crippen LogP contribution < -0.4 is 10.2 Å². The molecule has 66 valence electrons. The SMILES string of the molecule is C1=NC2CNc3ccccc3N2C1. The van der Waals surface area contributed by atoms with Gasteiger partial charge in [0, 0.05) is 6.21 Å². The van der Waals surface area contributed by atoms with Crippen molar-refractivity contribution >= 4 is 17.6 Å². The van der Waals surface area contributed by atoms with Crippen LogP contribution >= 0.6 is 0 Å². The molecule has 3 nitrogen and oxygen atoms in total. The highest BCUT2D eigenvalue weighted by Crippen LogP contribution is 2.32. The van der Waals surface area contributed by atoms with Gasteiger partial charge in [-0.1, -0.05) is 12.1 Å². The molecule has 3 rings (SSSR count). The number of para-hydroxylation sites is 2. The summed E-state index contributed by atoms with van der Waals surface area (Å²) in [5, 5.41) is 3.38. The first kappa shape index (κ1) is 6.95. The highest BCUT2D eigenvalue weighted by atomic mass is 15.3. The Labute approximate surface area is 77.1 Å². The zero-order valence-electron chi connectivity index (χ0n) is 7.27. The van der Waals surface area contributed by atoms with Gasteiger partial charge in [0.1, 0.15) is 6.17 Å². The van der Waals surface area contributed by atoms with E-state index in [1.54, 1.807) is 0 Å². The summed E-state index contributed by atoms with van der Waals surface area (Å²) in [6, 6.07) is 8.39. The van der Waals surface area contributed by atoms with Crippen LogP contribution in [-0.4, -0.2) is 25.5 Å². The van der Waals surface area contributed by atoms with Gasteiger partial charge in [-0.05, 0) is 12.1 Å². The van der Waals surface area contributed by atoms with Crippen molar-refractivity contribution in [2.45, 2.75) is 6.17 Å². The maximum atomic E-state index is 4.39.